The molecule has 0 unspecified atom stereocenters. The van der Waals surface area contributed by atoms with E-state index in [4.69, 9.17) is 17.3 Å². The number of hydrogen-bond acceptors (Lipinski definition) is 4. The first-order valence-corrected chi connectivity index (χ1v) is 11.2. The number of carbonyl (C=O) groups is 1. The summed E-state index contributed by atoms with van der Waals surface area (Å²) in [5.74, 6) is 0.659. The van der Waals surface area contributed by atoms with Crippen molar-refractivity contribution in [3.63, 3.8) is 0 Å². The van der Waals surface area contributed by atoms with E-state index in [1.165, 1.54) is 5.56 Å². The summed E-state index contributed by atoms with van der Waals surface area (Å²) < 4.78 is 4.27. The number of rotatable bonds is 8. The fraction of sp³-hybridized carbons (Fsp3) is 0.250. The van der Waals surface area contributed by atoms with Crippen LogP contribution in [-0.4, -0.2) is 37.0 Å². The van der Waals surface area contributed by atoms with Gasteiger partial charge in [-0.05, 0) is 43.3 Å². The third-order valence-corrected chi connectivity index (χ3v) is 5.71. The zero-order chi connectivity index (χ0) is 22.5. The average Bonchev–Trinajstić information content (AvgIpc) is 3.43. The van der Waals surface area contributed by atoms with E-state index in [1.807, 2.05) is 54.0 Å². The average molecular weight is 447 g/mol. The van der Waals surface area contributed by atoms with Gasteiger partial charge in [0, 0.05) is 31.3 Å². The molecule has 2 N–H and O–H groups in total. The molecule has 2 heterocycles. The van der Waals surface area contributed by atoms with E-state index in [2.05, 4.69) is 34.6 Å². The fourth-order valence-electron chi connectivity index (χ4n) is 3.61. The van der Waals surface area contributed by atoms with Crippen molar-refractivity contribution in [3.8, 4) is 16.9 Å². The Morgan fingerprint density at radius 2 is 1.84 bits per heavy atom. The minimum Gasteiger partial charge on any atom is -0.351 e. The van der Waals surface area contributed by atoms with Crippen LogP contribution in [0, 0.1) is 4.77 Å². The maximum absolute atomic E-state index is 13.1. The van der Waals surface area contributed by atoms with Crippen LogP contribution in [0.15, 0.2) is 60.8 Å². The van der Waals surface area contributed by atoms with E-state index in [0.29, 0.717) is 29.0 Å². The molecule has 164 valence electrons. The third-order valence-electron chi connectivity index (χ3n) is 5.40. The Labute approximate surface area is 192 Å². The van der Waals surface area contributed by atoms with Gasteiger partial charge in [0.25, 0.3) is 5.91 Å². The molecule has 0 saturated carbocycles. The topological polar surface area (TPSA) is 80.5 Å². The number of amides is 1. The van der Waals surface area contributed by atoms with Crippen molar-refractivity contribution in [2.75, 3.05) is 6.54 Å². The Kier molecular flexibility index (Phi) is 6.61. The van der Waals surface area contributed by atoms with Gasteiger partial charge in [0.05, 0.1) is 11.3 Å². The van der Waals surface area contributed by atoms with Crippen LogP contribution in [-0.2, 0) is 19.4 Å². The van der Waals surface area contributed by atoms with Crippen molar-refractivity contribution in [1.82, 2.24) is 29.9 Å². The number of aromatic amines is 1. The second-order valence-electron chi connectivity index (χ2n) is 7.42. The van der Waals surface area contributed by atoms with Crippen molar-refractivity contribution in [1.29, 1.82) is 0 Å². The van der Waals surface area contributed by atoms with Crippen molar-refractivity contribution in [2.45, 2.75) is 33.2 Å². The largest absolute Gasteiger partial charge is 0.351 e. The Morgan fingerprint density at radius 1 is 1.09 bits per heavy atom. The lowest BCUT2D eigenvalue weighted by atomic mass is 10.0. The maximum Gasteiger partial charge on any atom is 0.255 e. The minimum absolute atomic E-state index is 0.168. The van der Waals surface area contributed by atoms with Gasteiger partial charge in [-0.25, -0.2) is 4.68 Å². The normalized spacial score (nSPS) is 10.9. The Morgan fingerprint density at radius 3 is 2.53 bits per heavy atom. The zero-order valence-electron chi connectivity index (χ0n) is 18.2. The molecule has 0 atom stereocenters. The lowest BCUT2D eigenvalue weighted by Crippen LogP contribution is -2.26. The molecule has 4 aromatic rings. The van der Waals surface area contributed by atoms with E-state index in [-0.39, 0.29) is 5.91 Å². The number of nitrogens with zero attached hydrogens (tertiary/aromatic N) is 4. The number of H-pyrrole nitrogens is 1. The highest BCUT2D eigenvalue weighted by molar-refractivity contribution is 7.71. The van der Waals surface area contributed by atoms with Gasteiger partial charge in [-0.2, -0.15) is 10.2 Å². The Bertz CT molecular complexity index is 1250. The summed E-state index contributed by atoms with van der Waals surface area (Å²) in [7, 11) is 0. The molecule has 32 heavy (non-hydrogen) atoms. The third kappa shape index (κ3) is 4.55. The van der Waals surface area contributed by atoms with Crippen molar-refractivity contribution in [3.05, 3.63) is 82.5 Å². The molecule has 7 nitrogen and oxygen atoms in total. The molecule has 1 amide bonds. The fourth-order valence-corrected chi connectivity index (χ4v) is 3.90. The van der Waals surface area contributed by atoms with E-state index in [0.717, 1.165) is 30.0 Å². The molecule has 2 aromatic heterocycles. The van der Waals surface area contributed by atoms with E-state index < -0.39 is 0 Å². The van der Waals surface area contributed by atoms with Crippen LogP contribution < -0.4 is 5.32 Å². The first-order valence-electron chi connectivity index (χ1n) is 10.8. The van der Waals surface area contributed by atoms with Gasteiger partial charge in [-0.3, -0.25) is 9.89 Å². The maximum atomic E-state index is 13.1. The van der Waals surface area contributed by atoms with Crippen molar-refractivity contribution in [2.24, 2.45) is 0 Å². The van der Waals surface area contributed by atoms with Crippen LogP contribution in [0.25, 0.3) is 16.9 Å². The summed E-state index contributed by atoms with van der Waals surface area (Å²) in [5, 5.41) is 14.8. The molecule has 0 aliphatic rings. The molecular formula is C24H26N6OS. The summed E-state index contributed by atoms with van der Waals surface area (Å²) >= 11 is 5.24. The monoisotopic (exact) mass is 446 g/mol. The van der Waals surface area contributed by atoms with Gasteiger partial charge >= 0.3 is 0 Å². The number of nitrogens with one attached hydrogen (secondary N) is 2. The Balaban J connectivity index is 1.59. The summed E-state index contributed by atoms with van der Waals surface area (Å²) in [4.78, 5) is 13.1. The first kappa shape index (κ1) is 21.7. The van der Waals surface area contributed by atoms with Crippen LogP contribution in [0.1, 0.15) is 35.6 Å². The molecule has 0 saturated heterocycles. The molecule has 0 bridgehead atoms. The summed E-state index contributed by atoms with van der Waals surface area (Å²) in [5.41, 5.74) is 4.25. The number of benzene rings is 2. The molecule has 2 aromatic carbocycles. The first-order chi connectivity index (χ1) is 15.6. The highest BCUT2D eigenvalue weighted by Crippen LogP contribution is 2.24. The number of para-hydroxylation sites is 1. The van der Waals surface area contributed by atoms with Gasteiger partial charge in [-0.15, -0.1) is 0 Å². The number of aromatic nitrogens is 5. The van der Waals surface area contributed by atoms with Crippen LogP contribution in [0.2, 0.25) is 0 Å². The van der Waals surface area contributed by atoms with Crippen LogP contribution in [0.5, 0.6) is 0 Å². The van der Waals surface area contributed by atoms with Gasteiger partial charge in [0.1, 0.15) is 11.5 Å². The predicted octanol–water partition coefficient (Wildman–Crippen LogP) is 4.35. The van der Waals surface area contributed by atoms with Gasteiger partial charge in [0.2, 0.25) is 0 Å². The van der Waals surface area contributed by atoms with Crippen molar-refractivity contribution < 1.29 is 4.79 Å². The summed E-state index contributed by atoms with van der Waals surface area (Å²) in [6.45, 7) is 5.32. The number of hydrogen-bond donors (Lipinski definition) is 2. The SMILES string of the molecule is CCc1ccc(-c2nn(-c3ccccc3)cc2C(=O)NCCc2n[nH]c(=S)n2CC)cc1. The lowest BCUT2D eigenvalue weighted by molar-refractivity contribution is 0.0954. The Hall–Kier alpha value is -3.52. The van der Waals surface area contributed by atoms with Crippen LogP contribution in [0.3, 0.4) is 0 Å². The molecule has 0 fully saturated rings. The molecular weight excluding hydrogens is 420 g/mol. The highest BCUT2D eigenvalue weighted by atomic mass is 32.1. The molecule has 0 aliphatic heterocycles. The van der Waals surface area contributed by atoms with Gasteiger partial charge in [-0.1, -0.05) is 49.4 Å². The van der Waals surface area contributed by atoms with Crippen LogP contribution in [0.4, 0.5) is 0 Å². The summed E-state index contributed by atoms with van der Waals surface area (Å²) in [6.07, 6.45) is 3.33. The highest BCUT2D eigenvalue weighted by Gasteiger charge is 2.19. The molecule has 8 heteroatoms. The lowest BCUT2D eigenvalue weighted by Gasteiger charge is -2.07. The van der Waals surface area contributed by atoms with Crippen molar-refractivity contribution >= 4 is 18.1 Å². The van der Waals surface area contributed by atoms with E-state index in [9.17, 15) is 4.79 Å². The second kappa shape index (κ2) is 9.74. The van der Waals surface area contributed by atoms with Gasteiger partial charge < -0.3 is 9.88 Å². The second-order valence-corrected chi connectivity index (χ2v) is 7.80. The van der Waals surface area contributed by atoms with Crippen LogP contribution >= 0.6 is 12.2 Å². The molecule has 0 spiro atoms. The predicted molar refractivity (Wildman–Crippen MR) is 128 cm³/mol. The zero-order valence-corrected chi connectivity index (χ0v) is 19.0. The quantitative estimate of drug-likeness (QED) is 0.395. The standard InChI is InChI=1S/C24H26N6OS/c1-3-17-10-12-18(13-11-17)22-20(16-30(28-22)19-8-6-5-7-9-19)23(31)25-15-14-21-26-27-24(32)29(21)4-2/h5-13,16H,3-4,14-15H2,1-2H3,(H,25,31)(H,27,32). The summed E-state index contributed by atoms with van der Waals surface area (Å²) in [6, 6.07) is 18.0. The smallest absolute Gasteiger partial charge is 0.255 e. The number of aryl methyl sites for hydroxylation is 1. The van der Waals surface area contributed by atoms with E-state index in [1.54, 1.807) is 10.9 Å². The van der Waals surface area contributed by atoms with E-state index >= 15 is 0 Å². The minimum atomic E-state index is -0.168. The number of carbonyl (C=O) groups excluding carboxylic acids is 1. The molecule has 0 radical (unpaired) electrons. The van der Waals surface area contributed by atoms with Gasteiger partial charge in [0.15, 0.2) is 4.77 Å². The molecule has 0 aliphatic carbocycles. The molecule has 4 rings (SSSR count).